The van der Waals surface area contributed by atoms with Crippen molar-refractivity contribution in [3.63, 3.8) is 0 Å². The van der Waals surface area contributed by atoms with E-state index in [4.69, 9.17) is 9.47 Å². The first-order valence-electron chi connectivity index (χ1n) is 7.86. The summed E-state index contributed by atoms with van der Waals surface area (Å²) in [5, 5.41) is 6.55. The zero-order chi connectivity index (χ0) is 18.4. The van der Waals surface area contributed by atoms with Crippen molar-refractivity contribution >= 4 is 34.6 Å². The summed E-state index contributed by atoms with van der Waals surface area (Å²) in [6.45, 7) is 0.374. The summed E-state index contributed by atoms with van der Waals surface area (Å²) in [5.74, 6) is -0.447. The van der Waals surface area contributed by atoms with Crippen molar-refractivity contribution in [1.29, 1.82) is 0 Å². The zero-order valence-electron chi connectivity index (χ0n) is 14.0. The highest BCUT2D eigenvalue weighted by atomic mass is 32.1. The van der Waals surface area contributed by atoms with Crippen LogP contribution >= 0.6 is 22.7 Å². The molecule has 0 unspecified atom stereocenters. The van der Waals surface area contributed by atoms with Crippen LogP contribution in [0.25, 0.3) is 0 Å². The van der Waals surface area contributed by atoms with Crippen LogP contribution in [0.3, 0.4) is 0 Å². The van der Waals surface area contributed by atoms with Gasteiger partial charge in [-0.2, -0.15) is 0 Å². The van der Waals surface area contributed by atoms with Crippen LogP contribution in [-0.2, 0) is 16.1 Å². The highest BCUT2D eigenvalue weighted by Crippen LogP contribution is 2.29. The fraction of sp³-hybridized carbons (Fsp3) is 0.158. The number of methoxy groups -OCH3 is 1. The first-order valence-corrected chi connectivity index (χ1v) is 9.62. The number of hydrogen-bond donors (Lipinski definition) is 1. The van der Waals surface area contributed by atoms with Gasteiger partial charge in [0.25, 0.3) is 5.91 Å². The largest absolute Gasteiger partial charge is 0.496 e. The third-order valence-corrected chi connectivity index (χ3v) is 5.35. The predicted octanol–water partition coefficient (Wildman–Crippen LogP) is 4.03. The molecule has 26 heavy (non-hydrogen) atoms. The average molecular weight is 387 g/mol. The van der Waals surface area contributed by atoms with Gasteiger partial charge in [0.15, 0.2) is 0 Å². The third kappa shape index (κ3) is 4.30. The average Bonchev–Trinajstić information content (AvgIpc) is 3.38. The smallest absolute Gasteiger partial charge is 0.349 e. The number of thiophene rings is 2. The predicted molar refractivity (Wildman–Crippen MR) is 102 cm³/mol. The van der Waals surface area contributed by atoms with Gasteiger partial charge < -0.3 is 14.8 Å². The Hall–Kier alpha value is -2.64. The zero-order valence-corrected chi connectivity index (χ0v) is 15.6. The lowest BCUT2D eigenvalue weighted by Crippen LogP contribution is -2.31. The second kappa shape index (κ2) is 8.64. The molecule has 2 heterocycles. The van der Waals surface area contributed by atoms with Gasteiger partial charge in [-0.3, -0.25) is 4.79 Å². The molecule has 1 N–H and O–H groups in total. The lowest BCUT2D eigenvalue weighted by molar-refractivity contribution is -0.130. The van der Waals surface area contributed by atoms with E-state index in [1.165, 1.54) is 18.4 Å². The third-order valence-electron chi connectivity index (χ3n) is 3.62. The van der Waals surface area contributed by atoms with E-state index in [1.807, 2.05) is 17.5 Å². The Bertz CT molecular complexity index is 860. The Kier molecular flexibility index (Phi) is 6.04. The maximum Gasteiger partial charge on any atom is 0.349 e. The van der Waals surface area contributed by atoms with Crippen molar-refractivity contribution in [3.05, 3.63) is 74.6 Å². The monoisotopic (exact) mass is 387 g/mol. The number of carbonyl (C=O) groups is 2. The molecule has 0 aliphatic carbocycles. The first-order chi connectivity index (χ1) is 12.7. The Morgan fingerprint density at radius 1 is 1.04 bits per heavy atom. The summed E-state index contributed by atoms with van der Waals surface area (Å²) < 4.78 is 10.9. The van der Waals surface area contributed by atoms with E-state index in [0.717, 1.165) is 4.88 Å². The minimum Gasteiger partial charge on any atom is -0.496 e. The second-order valence-electron chi connectivity index (χ2n) is 5.30. The summed E-state index contributed by atoms with van der Waals surface area (Å²) >= 11 is 2.81. The molecule has 0 fully saturated rings. The number of ether oxygens (including phenoxy) is 2. The second-order valence-corrected chi connectivity index (χ2v) is 7.28. The molecule has 0 saturated carbocycles. The number of esters is 1. The highest BCUT2D eigenvalue weighted by Gasteiger charge is 2.28. The summed E-state index contributed by atoms with van der Waals surface area (Å²) in [6, 6.07) is 14.3. The van der Waals surface area contributed by atoms with Crippen molar-refractivity contribution in [2.24, 2.45) is 0 Å². The Balaban J connectivity index is 1.82. The summed E-state index contributed by atoms with van der Waals surface area (Å²) in [4.78, 5) is 26.6. The quantitative estimate of drug-likeness (QED) is 0.622. The van der Waals surface area contributed by atoms with E-state index in [1.54, 1.807) is 53.1 Å². The molecule has 0 saturated heterocycles. The van der Waals surface area contributed by atoms with Crippen molar-refractivity contribution in [3.8, 4) is 5.75 Å². The number of rotatable bonds is 7. The summed E-state index contributed by atoms with van der Waals surface area (Å²) in [6.07, 6.45) is -1.10. The van der Waals surface area contributed by atoms with Crippen LogP contribution in [0.15, 0.2) is 59.3 Å². The molecule has 134 valence electrons. The maximum atomic E-state index is 12.8. The van der Waals surface area contributed by atoms with Crippen LogP contribution < -0.4 is 10.1 Å². The van der Waals surface area contributed by atoms with Gasteiger partial charge in [-0.25, -0.2) is 4.79 Å². The highest BCUT2D eigenvalue weighted by molar-refractivity contribution is 7.12. The summed E-state index contributed by atoms with van der Waals surface area (Å²) in [5.41, 5.74) is 0.503. The summed E-state index contributed by atoms with van der Waals surface area (Å²) in [7, 11) is 1.51. The van der Waals surface area contributed by atoms with Gasteiger partial charge >= 0.3 is 5.97 Å². The van der Waals surface area contributed by atoms with E-state index in [9.17, 15) is 9.59 Å². The SMILES string of the molecule is COc1ccccc1[C@@H](OC(=O)c1cccs1)C(=O)NCc1cccs1. The molecule has 3 aromatic rings. The van der Waals surface area contributed by atoms with Crippen LogP contribution in [0, 0.1) is 0 Å². The van der Waals surface area contributed by atoms with Crippen LogP contribution in [0.5, 0.6) is 5.75 Å². The molecule has 0 aliphatic rings. The molecule has 1 atom stereocenters. The van der Waals surface area contributed by atoms with Gasteiger partial charge in [-0.15, -0.1) is 22.7 Å². The fourth-order valence-electron chi connectivity index (χ4n) is 2.38. The van der Waals surface area contributed by atoms with Gasteiger partial charge in [0.2, 0.25) is 6.10 Å². The van der Waals surface area contributed by atoms with Crippen molar-refractivity contribution < 1.29 is 19.1 Å². The molecule has 0 aliphatic heterocycles. The molecular formula is C19H17NO4S2. The molecule has 0 spiro atoms. The van der Waals surface area contributed by atoms with E-state index < -0.39 is 18.0 Å². The van der Waals surface area contributed by atoms with Crippen LogP contribution in [0.4, 0.5) is 0 Å². The van der Waals surface area contributed by atoms with E-state index >= 15 is 0 Å². The lowest BCUT2D eigenvalue weighted by Gasteiger charge is -2.19. The maximum absolute atomic E-state index is 12.8. The van der Waals surface area contributed by atoms with E-state index in [2.05, 4.69) is 5.32 Å². The van der Waals surface area contributed by atoms with Crippen molar-refractivity contribution in [2.45, 2.75) is 12.6 Å². The number of benzene rings is 1. The van der Waals surface area contributed by atoms with Gasteiger partial charge in [0.1, 0.15) is 10.6 Å². The van der Waals surface area contributed by atoms with Gasteiger partial charge in [0, 0.05) is 10.4 Å². The topological polar surface area (TPSA) is 64.6 Å². The Morgan fingerprint density at radius 2 is 1.81 bits per heavy atom. The number of hydrogen-bond acceptors (Lipinski definition) is 6. The van der Waals surface area contributed by atoms with Gasteiger partial charge in [-0.05, 0) is 29.0 Å². The first kappa shape index (κ1) is 18.2. The Morgan fingerprint density at radius 3 is 2.50 bits per heavy atom. The van der Waals surface area contributed by atoms with Crippen LogP contribution in [0.1, 0.15) is 26.2 Å². The molecule has 7 heteroatoms. The van der Waals surface area contributed by atoms with E-state index in [-0.39, 0.29) is 0 Å². The standard InChI is InChI=1S/C19H17NO4S2/c1-23-15-8-3-2-7-14(15)17(24-19(22)16-9-5-11-26-16)18(21)20-12-13-6-4-10-25-13/h2-11,17H,12H2,1H3,(H,20,21)/t17-/m1/s1. The van der Waals surface area contributed by atoms with Crippen LogP contribution in [0.2, 0.25) is 0 Å². The van der Waals surface area contributed by atoms with E-state index in [0.29, 0.717) is 22.7 Å². The minimum absolute atomic E-state index is 0.374. The normalized spacial score (nSPS) is 11.6. The molecule has 1 amide bonds. The van der Waals surface area contributed by atoms with Gasteiger partial charge in [0.05, 0.1) is 13.7 Å². The Labute approximate surface area is 159 Å². The van der Waals surface area contributed by atoms with Gasteiger partial charge in [-0.1, -0.05) is 30.3 Å². The molecule has 3 rings (SSSR count). The van der Waals surface area contributed by atoms with Crippen LogP contribution in [-0.4, -0.2) is 19.0 Å². The lowest BCUT2D eigenvalue weighted by atomic mass is 10.1. The minimum atomic E-state index is -1.10. The molecule has 0 bridgehead atoms. The fourth-order valence-corrected chi connectivity index (χ4v) is 3.63. The van der Waals surface area contributed by atoms with Crippen molar-refractivity contribution in [2.75, 3.05) is 7.11 Å². The molecule has 1 aromatic carbocycles. The molecule has 0 radical (unpaired) electrons. The van der Waals surface area contributed by atoms with Crippen molar-refractivity contribution in [1.82, 2.24) is 5.32 Å². The molecular weight excluding hydrogens is 370 g/mol. The number of para-hydroxylation sites is 1. The number of carbonyl (C=O) groups excluding carboxylic acids is 2. The number of amides is 1. The molecule has 5 nitrogen and oxygen atoms in total. The number of nitrogens with one attached hydrogen (secondary N) is 1. The molecule has 2 aromatic heterocycles.